The van der Waals surface area contributed by atoms with Gasteiger partial charge in [0.05, 0.1) is 16.7 Å². The van der Waals surface area contributed by atoms with Crippen LogP contribution in [0.15, 0.2) is 36.4 Å². The van der Waals surface area contributed by atoms with E-state index < -0.39 is 0 Å². The third-order valence-electron chi connectivity index (χ3n) is 2.88. The molecule has 0 heterocycles. The summed E-state index contributed by atoms with van der Waals surface area (Å²) in [5, 5.41) is 0.591. The van der Waals surface area contributed by atoms with Crippen LogP contribution in [0.3, 0.4) is 0 Å². The maximum atomic E-state index is 13.1. The van der Waals surface area contributed by atoms with Crippen LogP contribution in [-0.2, 0) is 6.42 Å². The average Bonchev–Trinajstić information content (AvgIpc) is 2.42. The number of ketones is 1. The lowest BCUT2D eigenvalue weighted by Gasteiger charge is -2.10. The monoisotopic (exact) mass is 326 g/mol. The van der Waals surface area contributed by atoms with E-state index in [9.17, 15) is 9.18 Å². The van der Waals surface area contributed by atoms with Crippen LogP contribution in [-0.4, -0.2) is 12.4 Å². The molecule has 0 aliphatic rings. The minimum atomic E-state index is -0.379. The van der Waals surface area contributed by atoms with Gasteiger partial charge in [0.25, 0.3) is 0 Å². The zero-order chi connectivity index (χ0) is 15.4. The van der Waals surface area contributed by atoms with Gasteiger partial charge < -0.3 is 4.74 Å². The average molecular weight is 327 g/mol. The summed E-state index contributed by atoms with van der Waals surface area (Å²) in [6, 6.07) is 8.90. The van der Waals surface area contributed by atoms with E-state index >= 15 is 0 Å². The second kappa shape index (κ2) is 6.92. The highest BCUT2D eigenvalue weighted by atomic mass is 35.5. The molecular weight excluding hydrogens is 314 g/mol. The first-order chi connectivity index (χ1) is 10.0. The molecule has 2 aromatic rings. The Kier molecular flexibility index (Phi) is 5.21. The van der Waals surface area contributed by atoms with E-state index in [1.807, 2.05) is 6.92 Å². The molecule has 0 amide bonds. The van der Waals surface area contributed by atoms with Crippen LogP contribution in [0.5, 0.6) is 5.75 Å². The van der Waals surface area contributed by atoms with E-state index in [2.05, 4.69) is 0 Å². The summed E-state index contributed by atoms with van der Waals surface area (Å²) in [6.45, 7) is 2.28. The summed E-state index contributed by atoms with van der Waals surface area (Å²) >= 11 is 12.2. The summed E-state index contributed by atoms with van der Waals surface area (Å²) in [5.74, 6) is -0.168. The standard InChI is InChI=1S/C16H13Cl2FO2/c1-2-21-16-9-13(17)12(8-14(16)18)15(20)7-10-4-3-5-11(19)6-10/h3-6,8-9H,2,7H2,1H3. The highest BCUT2D eigenvalue weighted by Gasteiger charge is 2.15. The van der Waals surface area contributed by atoms with E-state index in [0.717, 1.165) is 0 Å². The van der Waals surface area contributed by atoms with Gasteiger partial charge in [-0.05, 0) is 30.7 Å². The van der Waals surface area contributed by atoms with Crippen LogP contribution in [0.2, 0.25) is 10.0 Å². The van der Waals surface area contributed by atoms with Gasteiger partial charge >= 0.3 is 0 Å². The molecule has 0 spiro atoms. The third-order valence-corrected chi connectivity index (χ3v) is 3.48. The van der Waals surface area contributed by atoms with E-state index in [4.69, 9.17) is 27.9 Å². The fraction of sp³-hybridized carbons (Fsp3) is 0.188. The predicted molar refractivity (Wildman–Crippen MR) is 82.1 cm³/mol. The van der Waals surface area contributed by atoms with Crippen molar-refractivity contribution in [2.24, 2.45) is 0 Å². The molecule has 0 N–H and O–H groups in total. The topological polar surface area (TPSA) is 26.3 Å². The fourth-order valence-electron chi connectivity index (χ4n) is 1.94. The van der Waals surface area contributed by atoms with Gasteiger partial charge in [-0.2, -0.15) is 0 Å². The molecule has 0 unspecified atom stereocenters. The van der Waals surface area contributed by atoms with Gasteiger partial charge in [-0.1, -0.05) is 35.3 Å². The predicted octanol–water partition coefficient (Wildman–Crippen LogP) is 4.96. The lowest BCUT2D eigenvalue weighted by atomic mass is 10.0. The number of benzene rings is 2. The molecule has 0 aromatic heterocycles. The van der Waals surface area contributed by atoms with Gasteiger partial charge in [-0.3, -0.25) is 4.79 Å². The van der Waals surface area contributed by atoms with Crippen molar-refractivity contribution >= 4 is 29.0 Å². The Bertz CT molecular complexity index is 671. The molecule has 2 aromatic carbocycles. The Hall–Kier alpha value is -1.58. The summed E-state index contributed by atoms with van der Waals surface area (Å²) in [6.07, 6.45) is 0.0573. The second-order valence-corrected chi connectivity index (χ2v) is 5.24. The van der Waals surface area contributed by atoms with Gasteiger partial charge in [0.2, 0.25) is 0 Å². The molecule has 0 atom stereocenters. The van der Waals surface area contributed by atoms with Gasteiger partial charge in [0.15, 0.2) is 5.78 Å². The second-order valence-electron chi connectivity index (χ2n) is 4.43. The zero-order valence-electron chi connectivity index (χ0n) is 11.3. The number of ether oxygens (including phenoxy) is 1. The molecule has 0 radical (unpaired) electrons. The Labute approximate surface area is 132 Å². The van der Waals surface area contributed by atoms with E-state index in [-0.39, 0.29) is 23.0 Å². The zero-order valence-corrected chi connectivity index (χ0v) is 12.8. The SMILES string of the molecule is CCOc1cc(Cl)c(C(=O)Cc2cccc(F)c2)cc1Cl. The van der Waals surface area contributed by atoms with Crippen molar-refractivity contribution in [2.75, 3.05) is 6.61 Å². The highest BCUT2D eigenvalue weighted by Crippen LogP contribution is 2.32. The molecule has 0 aliphatic heterocycles. The van der Waals surface area contributed by atoms with E-state index in [0.29, 0.717) is 28.5 Å². The maximum Gasteiger partial charge on any atom is 0.168 e. The summed E-state index contributed by atoms with van der Waals surface area (Å²) in [4.78, 5) is 12.3. The van der Waals surface area contributed by atoms with Gasteiger partial charge in [-0.15, -0.1) is 0 Å². The van der Waals surface area contributed by atoms with Crippen molar-refractivity contribution in [1.29, 1.82) is 0 Å². The molecule has 0 bridgehead atoms. The molecule has 2 nitrogen and oxygen atoms in total. The maximum absolute atomic E-state index is 13.1. The van der Waals surface area contributed by atoms with Crippen LogP contribution in [0.1, 0.15) is 22.8 Å². The molecule has 0 saturated heterocycles. The summed E-state index contributed by atoms with van der Waals surface area (Å²) in [7, 11) is 0. The molecule has 110 valence electrons. The van der Waals surface area contributed by atoms with Crippen molar-refractivity contribution in [3.8, 4) is 5.75 Å². The number of carbonyl (C=O) groups is 1. The van der Waals surface area contributed by atoms with Crippen LogP contribution in [0, 0.1) is 5.82 Å². The Morgan fingerprint density at radius 3 is 2.62 bits per heavy atom. The number of hydrogen-bond donors (Lipinski definition) is 0. The molecule has 0 saturated carbocycles. The van der Waals surface area contributed by atoms with Crippen molar-refractivity contribution in [3.63, 3.8) is 0 Å². The largest absolute Gasteiger partial charge is 0.492 e. The summed E-state index contributed by atoms with van der Waals surface area (Å²) in [5.41, 5.74) is 0.885. The van der Waals surface area contributed by atoms with E-state index in [1.54, 1.807) is 12.1 Å². The van der Waals surface area contributed by atoms with Crippen LogP contribution in [0.25, 0.3) is 0 Å². The first kappa shape index (κ1) is 15.8. The summed E-state index contributed by atoms with van der Waals surface area (Å²) < 4.78 is 18.4. The van der Waals surface area contributed by atoms with Crippen molar-refractivity contribution in [3.05, 3.63) is 63.4 Å². The normalized spacial score (nSPS) is 10.5. The molecule has 0 aliphatic carbocycles. The van der Waals surface area contributed by atoms with Gasteiger partial charge in [0, 0.05) is 18.1 Å². The van der Waals surface area contributed by atoms with Crippen LogP contribution in [0.4, 0.5) is 4.39 Å². The van der Waals surface area contributed by atoms with Crippen LogP contribution >= 0.6 is 23.2 Å². The quantitative estimate of drug-likeness (QED) is 0.726. The van der Waals surface area contributed by atoms with Gasteiger partial charge in [0.1, 0.15) is 11.6 Å². The number of hydrogen-bond acceptors (Lipinski definition) is 2. The molecule has 2 rings (SSSR count). The third kappa shape index (κ3) is 3.96. The number of Topliss-reactive ketones (excluding diaryl/α,β-unsaturated/α-hetero) is 1. The Morgan fingerprint density at radius 1 is 1.19 bits per heavy atom. The number of rotatable bonds is 5. The lowest BCUT2D eigenvalue weighted by molar-refractivity contribution is 0.0993. The molecule has 5 heteroatoms. The highest BCUT2D eigenvalue weighted by molar-refractivity contribution is 6.36. The molecule has 21 heavy (non-hydrogen) atoms. The first-order valence-corrected chi connectivity index (χ1v) is 7.16. The molecular formula is C16H13Cl2FO2. The Morgan fingerprint density at radius 2 is 1.95 bits per heavy atom. The van der Waals surface area contributed by atoms with Gasteiger partial charge in [-0.25, -0.2) is 4.39 Å². The van der Waals surface area contributed by atoms with E-state index in [1.165, 1.54) is 24.3 Å². The fourth-order valence-corrected chi connectivity index (χ4v) is 2.41. The minimum Gasteiger partial charge on any atom is -0.492 e. The van der Waals surface area contributed by atoms with Crippen molar-refractivity contribution < 1.29 is 13.9 Å². The first-order valence-electron chi connectivity index (χ1n) is 6.40. The smallest absolute Gasteiger partial charge is 0.168 e. The lowest BCUT2D eigenvalue weighted by Crippen LogP contribution is -2.05. The number of halogens is 3. The number of carbonyl (C=O) groups excluding carboxylic acids is 1. The van der Waals surface area contributed by atoms with Crippen molar-refractivity contribution in [1.82, 2.24) is 0 Å². The van der Waals surface area contributed by atoms with Crippen molar-refractivity contribution in [2.45, 2.75) is 13.3 Å². The minimum absolute atomic E-state index is 0.0573. The Balaban J connectivity index is 2.25. The van der Waals surface area contributed by atoms with Crippen LogP contribution < -0.4 is 4.74 Å². The molecule has 0 fully saturated rings.